The summed E-state index contributed by atoms with van der Waals surface area (Å²) in [5.74, 6) is -1.43. The molecule has 4 rings (SSSR count). The van der Waals surface area contributed by atoms with Crippen molar-refractivity contribution in [2.45, 2.75) is 6.92 Å². The molecule has 7 nitrogen and oxygen atoms in total. The van der Waals surface area contributed by atoms with E-state index in [9.17, 15) is 19.2 Å². The second kappa shape index (κ2) is 6.97. The number of nitrogens with zero attached hydrogens (tertiary/aromatic N) is 1. The number of para-hydroxylation sites is 2. The Morgan fingerprint density at radius 2 is 1.79 bits per heavy atom. The lowest BCUT2D eigenvalue weighted by atomic mass is 10.1. The van der Waals surface area contributed by atoms with Crippen molar-refractivity contribution in [2.24, 2.45) is 0 Å². The van der Waals surface area contributed by atoms with E-state index in [-0.39, 0.29) is 22.9 Å². The Bertz CT molecular complexity index is 1080. The highest BCUT2D eigenvalue weighted by Gasteiger charge is 2.40. The largest absolute Gasteiger partial charge is 0.324 e. The SMILES string of the molecule is Cc1ccccc1NC(=O)CN1C(=O)/C(=C2/SC(=O)NC2=O)c2ccccc21. The molecule has 2 aromatic carbocycles. The number of carbonyl (C=O) groups excluding carboxylic acids is 4. The lowest BCUT2D eigenvalue weighted by molar-refractivity contribution is -0.118. The molecule has 2 heterocycles. The van der Waals surface area contributed by atoms with Gasteiger partial charge in [0, 0.05) is 11.3 Å². The number of hydrogen-bond acceptors (Lipinski definition) is 5. The lowest BCUT2D eigenvalue weighted by Crippen LogP contribution is -2.35. The van der Waals surface area contributed by atoms with Crippen molar-refractivity contribution in [3.8, 4) is 0 Å². The first-order valence-electron chi connectivity index (χ1n) is 8.50. The molecule has 2 N–H and O–H groups in total. The molecular formula is C20H15N3O4S. The third-order valence-corrected chi connectivity index (χ3v) is 5.37. The van der Waals surface area contributed by atoms with Crippen LogP contribution in [-0.2, 0) is 14.4 Å². The Morgan fingerprint density at radius 3 is 2.50 bits per heavy atom. The number of fused-ring (bicyclic) bond motifs is 1. The van der Waals surface area contributed by atoms with Crippen LogP contribution in [0.2, 0.25) is 0 Å². The van der Waals surface area contributed by atoms with Crippen LogP contribution in [0.3, 0.4) is 0 Å². The van der Waals surface area contributed by atoms with Gasteiger partial charge in [0.2, 0.25) is 5.91 Å². The second-order valence-corrected chi connectivity index (χ2v) is 7.30. The molecule has 0 saturated carbocycles. The van der Waals surface area contributed by atoms with E-state index in [1.807, 2.05) is 25.1 Å². The number of rotatable bonds is 3. The predicted octanol–water partition coefficient (Wildman–Crippen LogP) is 2.67. The van der Waals surface area contributed by atoms with Crippen LogP contribution in [0.15, 0.2) is 53.4 Å². The Kier molecular flexibility index (Phi) is 4.48. The average Bonchev–Trinajstić information content (AvgIpc) is 3.13. The summed E-state index contributed by atoms with van der Waals surface area (Å²) < 4.78 is 0. The summed E-state index contributed by atoms with van der Waals surface area (Å²) in [5, 5.41) is 4.45. The van der Waals surface area contributed by atoms with Crippen LogP contribution in [-0.4, -0.2) is 29.5 Å². The molecule has 1 saturated heterocycles. The van der Waals surface area contributed by atoms with Crippen LogP contribution in [0.25, 0.3) is 5.57 Å². The van der Waals surface area contributed by atoms with Crippen LogP contribution in [0, 0.1) is 6.92 Å². The maximum Gasteiger partial charge on any atom is 0.290 e. The molecule has 8 heteroatoms. The molecule has 0 aliphatic carbocycles. The van der Waals surface area contributed by atoms with Gasteiger partial charge in [-0.05, 0) is 36.4 Å². The zero-order valence-corrected chi connectivity index (χ0v) is 15.6. The number of carbonyl (C=O) groups is 4. The Morgan fingerprint density at radius 1 is 1.07 bits per heavy atom. The molecule has 140 valence electrons. The van der Waals surface area contributed by atoms with Crippen LogP contribution >= 0.6 is 11.8 Å². The van der Waals surface area contributed by atoms with E-state index >= 15 is 0 Å². The second-order valence-electron chi connectivity index (χ2n) is 6.32. The van der Waals surface area contributed by atoms with Crippen LogP contribution in [0.4, 0.5) is 16.2 Å². The van der Waals surface area contributed by atoms with E-state index in [2.05, 4.69) is 10.6 Å². The third kappa shape index (κ3) is 3.07. The molecule has 2 aromatic rings. The molecule has 0 unspecified atom stereocenters. The molecule has 0 bridgehead atoms. The number of nitrogens with one attached hydrogen (secondary N) is 2. The highest BCUT2D eigenvalue weighted by atomic mass is 32.2. The zero-order chi connectivity index (χ0) is 19.8. The van der Waals surface area contributed by atoms with Gasteiger partial charge in [-0.3, -0.25) is 29.4 Å². The van der Waals surface area contributed by atoms with Gasteiger partial charge in [0.1, 0.15) is 6.54 Å². The van der Waals surface area contributed by atoms with Crippen molar-refractivity contribution in [3.63, 3.8) is 0 Å². The lowest BCUT2D eigenvalue weighted by Gasteiger charge is -2.17. The molecule has 2 aliphatic rings. The van der Waals surface area contributed by atoms with E-state index in [0.717, 1.165) is 5.56 Å². The minimum Gasteiger partial charge on any atom is -0.324 e. The molecule has 2 aliphatic heterocycles. The molecule has 28 heavy (non-hydrogen) atoms. The highest BCUT2D eigenvalue weighted by molar-refractivity contribution is 8.18. The van der Waals surface area contributed by atoms with E-state index in [4.69, 9.17) is 0 Å². The maximum absolute atomic E-state index is 13.0. The van der Waals surface area contributed by atoms with Crippen molar-refractivity contribution < 1.29 is 19.2 Å². The number of hydrogen-bond donors (Lipinski definition) is 2. The fraction of sp³-hybridized carbons (Fsp3) is 0.100. The van der Waals surface area contributed by atoms with E-state index < -0.39 is 17.1 Å². The van der Waals surface area contributed by atoms with Crippen LogP contribution in [0.1, 0.15) is 11.1 Å². The van der Waals surface area contributed by atoms with Crippen molar-refractivity contribution >= 4 is 51.7 Å². The summed E-state index contributed by atoms with van der Waals surface area (Å²) in [5.41, 5.74) is 2.78. The summed E-state index contributed by atoms with van der Waals surface area (Å²) >= 11 is 0.696. The first kappa shape index (κ1) is 18.0. The van der Waals surface area contributed by atoms with Gasteiger partial charge in [-0.1, -0.05) is 36.4 Å². The molecule has 0 aromatic heterocycles. The first-order chi connectivity index (χ1) is 13.5. The number of thioether (sulfide) groups is 1. The van der Waals surface area contributed by atoms with Gasteiger partial charge in [-0.2, -0.15) is 0 Å². The van der Waals surface area contributed by atoms with Crippen LogP contribution in [0.5, 0.6) is 0 Å². The summed E-state index contributed by atoms with van der Waals surface area (Å²) in [4.78, 5) is 50.6. The van der Waals surface area contributed by atoms with E-state index in [0.29, 0.717) is 28.7 Å². The van der Waals surface area contributed by atoms with Gasteiger partial charge < -0.3 is 5.32 Å². The minimum atomic E-state index is -0.598. The van der Waals surface area contributed by atoms with Gasteiger partial charge in [0.05, 0.1) is 16.2 Å². The van der Waals surface area contributed by atoms with Crippen molar-refractivity contribution in [1.82, 2.24) is 5.32 Å². The molecule has 0 spiro atoms. The zero-order valence-electron chi connectivity index (χ0n) is 14.8. The molecule has 0 atom stereocenters. The number of benzene rings is 2. The Hall–Kier alpha value is -3.39. The van der Waals surface area contributed by atoms with Crippen molar-refractivity contribution in [1.29, 1.82) is 0 Å². The third-order valence-electron chi connectivity index (χ3n) is 4.49. The molecular weight excluding hydrogens is 378 g/mol. The highest BCUT2D eigenvalue weighted by Crippen LogP contribution is 2.42. The summed E-state index contributed by atoms with van der Waals surface area (Å²) in [6, 6.07) is 14.2. The number of aryl methyl sites for hydroxylation is 1. The standard InChI is InChI=1S/C20H15N3O4S/c1-11-6-2-4-8-13(11)21-15(24)10-23-14-9-5-3-7-12(14)16(19(23)26)17-18(25)22-20(27)28-17/h2-9H,10H2,1H3,(H,21,24)(H,22,25,27)/b17-16+. The van der Waals surface area contributed by atoms with Crippen LogP contribution < -0.4 is 15.5 Å². The van der Waals surface area contributed by atoms with E-state index in [1.165, 1.54) is 4.90 Å². The quantitative estimate of drug-likeness (QED) is 0.782. The van der Waals surface area contributed by atoms with Gasteiger partial charge in [-0.15, -0.1) is 0 Å². The molecule has 4 amide bonds. The average molecular weight is 393 g/mol. The van der Waals surface area contributed by atoms with Gasteiger partial charge in [0.15, 0.2) is 0 Å². The topological polar surface area (TPSA) is 95.6 Å². The van der Waals surface area contributed by atoms with Gasteiger partial charge in [0.25, 0.3) is 17.1 Å². The fourth-order valence-corrected chi connectivity index (χ4v) is 3.95. The molecule has 0 radical (unpaired) electrons. The Labute approximate surface area is 164 Å². The summed E-state index contributed by atoms with van der Waals surface area (Å²) in [7, 11) is 0. The number of anilines is 2. The van der Waals surface area contributed by atoms with Gasteiger partial charge in [-0.25, -0.2) is 0 Å². The monoisotopic (exact) mass is 393 g/mol. The van der Waals surface area contributed by atoms with E-state index in [1.54, 1.807) is 30.3 Å². The summed E-state index contributed by atoms with van der Waals surface area (Å²) in [6.07, 6.45) is 0. The smallest absolute Gasteiger partial charge is 0.290 e. The normalized spacial score (nSPS) is 18.3. The summed E-state index contributed by atoms with van der Waals surface area (Å²) in [6.45, 7) is 1.67. The number of imide groups is 1. The van der Waals surface area contributed by atoms with Gasteiger partial charge >= 0.3 is 0 Å². The molecule has 1 fully saturated rings. The minimum absolute atomic E-state index is 0.0595. The fourth-order valence-electron chi connectivity index (χ4n) is 3.18. The Balaban J connectivity index is 1.66. The maximum atomic E-state index is 13.0. The van der Waals surface area contributed by atoms with Crippen molar-refractivity contribution in [3.05, 3.63) is 64.6 Å². The van der Waals surface area contributed by atoms with Crippen molar-refractivity contribution in [2.75, 3.05) is 16.8 Å². The predicted molar refractivity (Wildman–Crippen MR) is 107 cm³/mol. The number of amides is 4. The first-order valence-corrected chi connectivity index (χ1v) is 9.31.